The first-order chi connectivity index (χ1) is 9.99. The number of hydrogen-bond donors (Lipinski definition) is 1. The molecule has 1 N–H and O–H groups in total. The number of carbonyl (C=O) groups is 2. The molecule has 0 spiro atoms. The Morgan fingerprint density at radius 2 is 1.81 bits per heavy atom. The number of carbonyl (C=O) groups excluding carboxylic acids is 2. The van der Waals surface area contributed by atoms with E-state index >= 15 is 0 Å². The van der Waals surface area contributed by atoms with E-state index in [2.05, 4.69) is 37.2 Å². The molecule has 1 aromatic carbocycles. The molecule has 1 aromatic rings. The number of likely N-dealkylation sites (tertiary alicyclic amines) is 1. The number of rotatable bonds is 5. The van der Waals surface area contributed by atoms with Crippen LogP contribution in [0.2, 0.25) is 0 Å². The Kier molecular flexibility index (Phi) is 5.43. The highest BCUT2D eigenvalue weighted by Crippen LogP contribution is 2.33. The monoisotopic (exact) mass is 416 g/mol. The predicted molar refractivity (Wildman–Crippen MR) is 90.1 cm³/mol. The molecular formula is C15H18Br2N2O2. The summed E-state index contributed by atoms with van der Waals surface area (Å²) in [6.07, 6.45) is 1.79. The second kappa shape index (κ2) is 6.92. The zero-order valence-corrected chi connectivity index (χ0v) is 15.2. The summed E-state index contributed by atoms with van der Waals surface area (Å²) >= 11 is 6.92. The van der Waals surface area contributed by atoms with Gasteiger partial charge in [-0.2, -0.15) is 0 Å². The molecule has 6 heteroatoms. The van der Waals surface area contributed by atoms with Gasteiger partial charge in [0.25, 0.3) is 5.91 Å². The number of hydrogen-bond acceptors (Lipinski definition) is 3. The number of imide groups is 1. The van der Waals surface area contributed by atoms with Gasteiger partial charge >= 0.3 is 0 Å². The minimum Gasteiger partial charge on any atom is -0.371 e. The van der Waals surface area contributed by atoms with Crippen molar-refractivity contribution in [2.24, 2.45) is 0 Å². The smallest absolute Gasteiger partial charge is 0.252 e. The maximum Gasteiger partial charge on any atom is 0.252 e. The Labute approximate surface area is 141 Å². The quantitative estimate of drug-likeness (QED) is 0.738. The van der Waals surface area contributed by atoms with Crippen LogP contribution in [0.25, 0.3) is 0 Å². The van der Waals surface area contributed by atoms with Crippen molar-refractivity contribution in [2.45, 2.75) is 45.2 Å². The van der Waals surface area contributed by atoms with Crippen molar-refractivity contribution in [3.8, 4) is 0 Å². The Morgan fingerprint density at radius 3 is 2.33 bits per heavy atom. The summed E-state index contributed by atoms with van der Waals surface area (Å²) in [7, 11) is 0. The first kappa shape index (κ1) is 16.5. The number of amides is 2. The van der Waals surface area contributed by atoms with E-state index < -0.39 is 6.04 Å². The molecule has 1 saturated heterocycles. The Bertz CT molecular complexity index is 538. The topological polar surface area (TPSA) is 49.4 Å². The average Bonchev–Trinajstić information content (AvgIpc) is 2.72. The average molecular weight is 418 g/mol. The molecule has 0 radical (unpaired) electrons. The summed E-state index contributed by atoms with van der Waals surface area (Å²) in [5.41, 5.74) is 0.801. The maximum atomic E-state index is 12.5. The largest absolute Gasteiger partial charge is 0.371 e. The zero-order chi connectivity index (χ0) is 15.6. The first-order valence-electron chi connectivity index (χ1n) is 7.06. The van der Waals surface area contributed by atoms with Gasteiger partial charge in [-0.1, -0.05) is 19.9 Å². The molecule has 21 heavy (non-hydrogen) atoms. The number of anilines is 1. The van der Waals surface area contributed by atoms with Crippen molar-refractivity contribution in [1.82, 2.24) is 4.90 Å². The highest BCUT2D eigenvalue weighted by atomic mass is 79.9. The van der Waals surface area contributed by atoms with Gasteiger partial charge in [0.05, 0.1) is 12.1 Å². The fourth-order valence-corrected chi connectivity index (χ4v) is 3.84. The van der Waals surface area contributed by atoms with E-state index in [1.807, 2.05) is 32.0 Å². The molecule has 1 atom stereocenters. The zero-order valence-electron chi connectivity index (χ0n) is 12.0. The van der Waals surface area contributed by atoms with Crippen LogP contribution in [-0.4, -0.2) is 28.8 Å². The SMILES string of the molecule is CCC(CC)N1C(=O)CC(Nc2c(Br)cccc2Br)C1=O. The van der Waals surface area contributed by atoms with Gasteiger partial charge < -0.3 is 5.32 Å². The van der Waals surface area contributed by atoms with Crippen molar-refractivity contribution >= 4 is 49.4 Å². The molecule has 4 nitrogen and oxygen atoms in total. The maximum absolute atomic E-state index is 12.5. The number of halogens is 2. The molecule has 1 unspecified atom stereocenters. The molecule has 1 aliphatic heterocycles. The second-order valence-electron chi connectivity index (χ2n) is 5.07. The van der Waals surface area contributed by atoms with E-state index in [1.54, 1.807) is 0 Å². The van der Waals surface area contributed by atoms with Gasteiger partial charge in [0.2, 0.25) is 5.91 Å². The molecule has 2 rings (SSSR count). The minimum atomic E-state index is -0.493. The third-order valence-electron chi connectivity index (χ3n) is 3.77. The number of para-hydroxylation sites is 1. The molecule has 0 saturated carbocycles. The summed E-state index contributed by atoms with van der Waals surface area (Å²) in [4.78, 5) is 26.1. The number of nitrogens with zero attached hydrogens (tertiary/aromatic N) is 1. The summed E-state index contributed by atoms with van der Waals surface area (Å²) in [5, 5.41) is 3.18. The van der Waals surface area contributed by atoms with Crippen molar-refractivity contribution in [2.75, 3.05) is 5.32 Å². The second-order valence-corrected chi connectivity index (χ2v) is 6.78. The summed E-state index contributed by atoms with van der Waals surface area (Å²) in [6, 6.07) is 5.20. The molecule has 114 valence electrons. The lowest BCUT2D eigenvalue weighted by atomic mass is 10.1. The van der Waals surface area contributed by atoms with Crippen molar-refractivity contribution in [3.63, 3.8) is 0 Å². The minimum absolute atomic E-state index is 0.000505. The van der Waals surface area contributed by atoms with Gasteiger partial charge in [0.15, 0.2) is 0 Å². The fraction of sp³-hybridized carbons (Fsp3) is 0.467. The van der Waals surface area contributed by atoms with Gasteiger partial charge in [0.1, 0.15) is 6.04 Å². The van der Waals surface area contributed by atoms with Crippen LogP contribution in [0, 0.1) is 0 Å². The molecule has 0 aliphatic carbocycles. The molecule has 1 aliphatic rings. The molecule has 0 aromatic heterocycles. The van der Waals surface area contributed by atoms with Gasteiger partial charge in [0, 0.05) is 15.0 Å². The van der Waals surface area contributed by atoms with Crippen LogP contribution >= 0.6 is 31.9 Å². The van der Waals surface area contributed by atoms with Crippen LogP contribution < -0.4 is 5.32 Å². The summed E-state index contributed by atoms with van der Waals surface area (Å²) in [6.45, 7) is 4.00. The lowest BCUT2D eigenvalue weighted by Gasteiger charge is -2.24. The van der Waals surface area contributed by atoms with E-state index in [0.29, 0.717) is 0 Å². The van der Waals surface area contributed by atoms with E-state index in [9.17, 15) is 9.59 Å². The number of nitrogens with one attached hydrogen (secondary N) is 1. The Morgan fingerprint density at radius 1 is 1.24 bits per heavy atom. The van der Waals surface area contributed by atoms with Crippen LogP contribution in [0.4, 0.5) is 5.69 Å². The van der Waals surface area contributed by atoms with E-state index in [-0.39, 0.29) is 24.3 Å². The third kappa shape index (κ3) is 3.31. The summed E-state index contributed by atoms with van der Waals surface area (Å²) < 4.78 is 1.72. The van der Waals surface area contributed by atoms with Gasteiger partial charge in [-0.05, 0) is 56.8 Å². The van der Waals surface area contributed by atoms with Crippen LogP contribution in [0.5, 0.6) is 0 Å². The van der Waals surface area contributed by atoms with Crippen molar-refractivity contribution in [3.05, 3.63) is 27.1 Å². The fourth-order valence-electron chi connectivity index (χ4n) is 2.61. The first-order valence-corrected chi connectivity index (χ1v) is 8.64. The Balaban J connectivity index is 2.20. The normalized spacial score (nSPS) is 18.7. The van der Waals surface area contributed by atoms with E-state index in [0.717, 1.165) is 27.5 Å². The molecule has 0 bridgehead atoms. The molecular weight excluding hydrogens is 400 g/mol. The molecule has 1 heterocycles. The van der Waals surface area contributed by atoms with Crippen LogP contribution in [-0.2, 0) is 9.59 Å². The lowest BCUT2D eigenvalue weighted by Crippen LogP contribution is -2.41. The predicted octanol–water partition coefficient (Wildman–Crippen LogP) is 3.94. The Hall–Kier alpha value is -0.880. The van der Waals surface area contributed by atoms with Crippen molar-refractivity contribution in [1.29, 1.82) is 0 Å². The van der Waals surface area contributed by atoms with Gasteiger partial charge in [-0.25, -0.2) is 0 Å². The van der Waals surface area contributed by atoms with Crippen LogP contribution in [0.15, 0.2) is 27.1 Å². The van der Waals surface area contributed by atoms with Crippen LogP contribution in [0.3, 0.4) is 0 Å². The highest BCUT2D eigenvalue weighted by molar-refractivity contribution is 9.11. The van der Waals surface area contributed by atoms with E-state index in [4.69, 9.17) is 0 Å². The van der Waals surface area contributed by atoms with Crippen LogP contribution in [0.1, 0.15) is 33.1 Å². The highest BCUT2D eigenvalue weighted by Gasteiger charge is 2.41. The lowest BCUT2D eigenvalue weighted by molar-refractivity contribution is -0.141. The van der Waals surface area contributed by atoms with Crippen molar-refractivity contribution < 1.29 is 9.59 Å². The van der Waals surface area contributed by atoms with E-state index in [1.165, 1.54) is 4.90 Å². The molecule has 1 fully saturated rings. The van der Waals surface area contributed by atoms with Gasteiger partial charge in [-0.15, -0.1) is 0 Å². The van der Waals surface area contributed by atoms with Gasteiger partial charge in [-0.3, -0.25) is 14.5 Å². The summed E-state index contributed by atoms with van der Waals surface area (Å²) in [5.74, 6) is -0.217. The number of benzene rings is 1. The molecule has 2 amide bonds. The third-order valence-corrected chi connectivity index (χ3v) is 5.09. The standard InChI is InChI=1S/C15H18Br2N2O2/c1-3-9(4-2)19-13(20)8-12(15(19)21)18-14-10(16)6-5-7-11(14)17/h5-7,9,12,18H,3-4,8H2,1-2H3.